The van der Waals surface area contributed by atoms with Gasteiger partial charge in [0.2, 0.25) is 6.79 Å². The van der Waals surface area contributed by atoms with Crippen LogP contribution in [0.2, 0.25) is 0 Å². The van der Waals surface area contributed by atoms with Crippen LogP contribution in [0.15, 0.2) is 36.4 Å². The van der Waals surface area contributed by atoms with Crippen molar-refractivity contribution in [2.45, 2.75) is 6.92 Å². The van der Waals surface area contributed by atoms with E-state index in [2.05, 4.69) is 6.07 Å². The van der Waals surface area contributed by atoms with Gasteiger partial charge in [-0.05, 0) is 30.2 Å². The zero-order valence-electron chi connectivity index (χ0n) is 13.4. The predicted octanol–water partition coefficient (Wildman–Crippen LogP) is 2.24. The van der Waals surface area contributed by atoms with E-state index in [1.165, 1.54) is 12.1 Å². The van der Waals surface area contributed by atoms with Crippen molar-refractivity contribution in [1.29, 1.82) is 5.26 Å². The Morgan fingerprint density at radius 1 is 1.24 bits per heavy atom. The Balaban J connectivity index is 2.02. The molecule has 0 N–H and O–H groups in total. The van der Waals surface area contributed by atoms with E-state index in [-0.39, 0.29) is 12.4 Å². The fourth-order valence-corrected chi connectivity index (χ4v) is 2.45. The van der Waals surface area contributed by atoms with Gasteiger partial charge in [-0.15, -0.1) is 0 Å². The van der Waals surface area contributed by atoms with Crippen LogP contribution in [0.25, 0.3) is 11.6 Å². The summed E-state index contributed by atoms with van der Waals surface area (Å²) >= 11 is 0. The van der Waals surface area contributed by atoms with Crippen molar-refractivity contribution < 1.29 is 24.1 Å². The summed E-state index contributed by atoms with van der Waals surface area (Å²) in [5.74, 6) is 0.492. The number of ether oxygens (including phenoxy) is 3. The van der Waals surface area contributed by atoms with Crippen molar-refractivity contribution in [3.8, 4) is 23.3 Å². The van der Waals surface area contributed by atoms with Gasteiger partial charge in [0.25, 0.3) is 0 Å². The fourth-order valence-electron chi connectivity index (χ4n) is 2.45. The maximum Gasteiger partial charge on any atom is 0.231 e. The van der Waals surface area contributed by atoms with E-state index in [1.54, 1.807) is 30.3 Å². The molecule has 3 rings (SSSR count). The minimum Gasteiger partial charge on any atom is -0.545 e. The molecule has 0 atom stereocenters. The van der Waals surface area contributed by atoms with Gasteiger partial charge >= 0.3 is 0 Å². The summed E-state index contributed by atoms with van der Waals surface area (Å²) in [4.78, 5) is 10.8. The molecule has 0 unspecified atom stereocenters. The van der Waals surface area contributed by atoms with Crippen LogP contribution in [-0.2, 0) is 0 Å². The van der Waals surface area contributed by atoms with Gasteiger partial charge in [-0.25, -0.2) is 0 Å². The SMILES string of the molecule is CCOc1cc2c(cc1/C=C(/C#N)c1ccc(C(=O)[O-])cc1)OCO2. The molecule has 0 radical (unpaired) electrons. The number of rotatable bonds is 5. The molecule has 0 amide bonds. The second-order valence-corrected chi connectivity index (χ2v) is 5.21. The summed E-state index contributed by atoms with van der Waals surface area (Å²) in [6.07, 6.45) is 1.67. The third kappa shape index (κ3) is 3.40. The number of carboxylic acids is 1. The smallest absolute Gasteiger partial charge is 0.231 e. The highest BCUT2D eigenvalue weighted by Crippen LogP contribution is 2.39. The molecular weight excluding hydrogens is 322 g/mol. The first kappa shape index (κ1) is 16.4. The standard InChI is InChI=1S/C19H15NO5/c1-2-23-16-9-18-17(24-11-25-18)8-14(16)7-15(10-20)12-3-5-13(6-4-12)19(21)22/h3-9H,2,11H2,1H3,(H,21,22)/p-1/b15-7-. The zero-order valence-corrected chi connectivity index (χ0v) is 13.4. The Morgan fingerprint density at radius 2 is 1.88 bits per heavy atom. The van der Waals surface area contributed by atoms with Gasteiger partial charge in [0, 0.05) is 11.6 Å². The van der Waals surface area contributed by atoms with E-state index in [4.69, 9.17) is 14.2 Å². The second-order valence-electron chi connectivity index (χ2n) is 5.21. The quantitative estimate of drug-likeness (QED) is 0.614. The van der Waals surface area contributed by atoms with Gasteiger partial charge in [0.15, 0.2) is 11.5 Å². The lowest BCUT2D eigenvalue weighted by Gasteiger charge is -2.10. The monoisotopic (exact) mass is 336 g/mol. The molecule has 0 spiro atoms. The lowest BCUT2D eigenvalue weighted by Crippen LogP contribution is -2.21. The summed E-state index contributed by atoms with van der Waals surface area (Å²) in [5, 5.41) is 20.3. The molecule has 25 heavy (non-hydrogen) atoms. The average molecular weight is 336 g/mol. The maximum absolute atomic E-state index is 10.8. The van der Waals surface area contributed by atoms with E-state index in [0.717, 1.165) is 0 Å². The minimum absolute atomic E-state index is 0.0547. The minimum atomic E-state index is -1.26. The van der Waals surface area contributed by atoms with Gasteiger partial charge in [-0.2, -0.15) is 5.26 Å². The summed E-state index contributed by atoms with van der Waals surface area (Å²) in [7, 11) is 0. The highest BCUT2D eigenvalue weighted by atomic mass is 16.7. The van der Waals surface area contributed by atoms with Crippen molar-refractivity contribution in [1.82, 2.24) is 0 Å². The Hall–Kier alpha value is -3.46. The summed E-state index contributed by atoms with van der Waals surface area (Å²) in [6, 6.07) is 11.5. The summed E-state index contributed by atoms with van der Waals surface area (Å²) in [6.45, 7) is 2.47. The second kappa shape index (κ2) is 6.97. The molecule has 2 aromatic carbocycles. The largest absolute Gasteiger partial charge is 0.545 e. The third-order valence-corrected chi connectivity index (χ3v) is 3.66. The first-order valence-corrected chi connectivity index (χ1v) is 7.62. The average Bonchev–Trinajstić information content (AvgIpc) is 3.07. The van der Waals surface area contributed by atoms with Gasteiger partial charge < -0.3 is 24.1 Å². The number of allylic oxidation sites excluding steroid dienone is 1. The third-order valence-electron chi connectivity index (χ3n) is 3.66. The Labute approximate surface area is 144 Å². The van der Waals surface area contributed by atoms with Gasteiger partial charge in [0.1, 0.15) is 5.75 Å². The highest BCUT2D eigenvalue weighted by molar-refractivity contribution is 5.92. The first-order chi connectivity index (χ1) is 12.1. The number of carbonyl (C=O) groups excluding carboxylic acids is 1. The molecule has 1 aliphatic heterocycles. The Bertz CT molecular complexity index is 878. The van der Waals surface area contributed by atoms with Crippen molar-refractivity contribution in [3.63, 3.8) is 0 Å². The first-order valence-electron chi connectivity index (χ1n) is 7.62. The molecule has 0 saturated carbocycles. The molecule has 0 fully saturated rings. The molecule has 0 aromatic heterocycles. The van der Waals surface area contributed by atoms with E-state index >= 15 is 0 Å². The van der Waals surface area contributed by atoms with Gasteiger partial charge in [-0.1, -0.05) is 24.3 Å². The lowest BCUT2D eigenvalue weighted by molar-refractivity contribution is -0.255. The molecule has 1 aliphatic rings. The van der Waals surface area contributed by atoms with Crippen LogP contribution < -0.4 is 19.3 Å². The maximum atomic E-state index is 10.8. The highest BCUT2D eigenvalue weighted by Gasteiger charge is 2.17. The molecule has 0 saturated heterocycles. The van der Waals surface area contributed by atoms with Crippen molar-refractivity contribution in [2.75, 3.05) is 13.4 Å². The van der Waals surface area contributed by atoms with Crippen LogP contribution in [0.4, 0.5) is 0 Å². The number of hydrogen-bond acceptors (Lipinski definition) is 6. The molecule has 1 heterocycles. The summed E-state index contributed by atoms with van der Waals surface area (Å²) < 4.78 is 16.3. The van der Waals surface area contributed by atoms with Crippen molar-refractivity contribution >= 4 is 17.6 Å². The topological polar surface area (TPSA) is 91.6 Å². The number of benzene rings is 2. The number of carbonyl (C=O) groups is 1. The van der Waals surface area contributed by atoms with Crippen LogP contribution in [0.3, 0.4) is 0 Å². The van der Waals surface area contributed by atoms with E-state index in [1.807, 2.05) is 6.92 Å². The number of nitrogens with zero attached hydrogens (tertiary/aromatic N) is 1. The molecule has 0 bridgehead atoms. The molecule has 6 heteroatoms. The Morgan fingerprint density at radius 3 is 2.48 bits per heavy atom. The van der Waals surface area contributed by atoms with E-state index in [9.17, 15) is 15.2 Å². The summed E-state index contributed by atoms with van der Waals surface area (Å²) in [5.41, 5.74) is 1.68. The van der Waals surface area contributed by atoms with Gasteiger partial charge in [-0.3, -0.25) is 0 Å². The van der Waals surface area contributed by atoms with Crippen LogP contribution >= 0.6 is 0 Å². The van der Waals surface area contributed by atoms with Crippen LogP contribution in [0.5, 0.6) is 17.2 Å². The van der Waals surface area contributed by atoms with Crippen LogP contribution in [0.1, 0.15) is 28.4 Å². The van der Waals surface area contributed by atoms with Crippen LogP contribution in [0, 0.1) is 11.3 Å². The number of fused-ring (bicyclic) bond motifs is 1. The molecule has 126 valence electrons. The van der Waals surface area contributed by atoms with Crippen LogP contribution in [-0.4, -0.2) is 19.4 Å². The van der Waals surface area contributed by atoms with Crippen molar-refractivity contribution in [2.24, 2.45) is 0 Å². The lowest BCUT2D eigenvalue weighted by atomic mass is 10.0. The Kier molecular flexibility index (Phi) is 4.57. The predicted molar refractivity (Wildman–Crippen MR) is 88.0 cm³/mol. The molecule has 2 aromatic rings. The van der Waals surface area contributed by atoms with Gasteiger partial charge in [0.05, 0.1) is 24.2 Å². The van der Waals surface area contributed by atoms with Crippen molar-refractivity contribution in [3.05, 3.63) is 53.1 Å². The zero-order chi connectivity index (χ0) is 17.8. The van der Waals surface area contributed by atoms with E-state index < -0.39 is 5.97 Å². The molecule has 0 aliphatic carbocycles. The number of hydrogen-bond donors (Lipinski definition) is 0. The normalized spacial score (nSPS) is 12.6. The number of carboxylic acid groups (broad SMARTS) is 1. The molecular formula is C19H14NO5-. The fraction of sp³-hybridized carbons (Fsp3) is 0.158. The molecule has 6 nitrogen and oxygen atoms in total. The van der Waals surface area contributed by atoms with E-state index in [0.29, 0.717) is 40.6 Å². The number of aromatic carboxylic acids is 1. The number of nitriles is 1.